The van der Waals surface area contributed by atoms with Crippen molar-refractivity contribution in [1.82, 2.24) is 20.9 Å². The van der Waals surface area contributed by atoms with Gasteiger partial charge in [-0.25, -0.2) is 14.4 Å². The van der Waals surface area contributed by atoms with Crippen LogP contribution in [0.4, 0.5) is 14.4 Å². The molecule has 3 rings (SSSR count). The summed E-state index contributed by atoms with van der Waals surface area (Å²) in [6.45, 7) is 7.20. The smallest absolute Gasteiger partial charge is 0.408 e. The number of benzene rings is 2. The number of hydrogen-bond donors (Lipinski definition) is 3. The Morgan fingerprint density at radius 3 is 2.51 bits per heavy atom. The van der Waals surface area contributed by atoms with Crippen LogP contribution >= 0.6 is 11.6 Å². The number of rotatable bonds is 12. The zero-order valence-electron chi connectivity index (χ0n) is 25.3. The van der Waals surface area contributed by atoms with Crippen LogP contribution in [0.1, 0.15) is 45.3 Å². The molecule has 3 atom stereocenters. The van der Waals surface area contributed by atoms with E-state index in [0.717, 1.165) is 18.4 Å². The normalized spacial score (nSPS) is 16.4. The van der Waals surface area contributed by atoms with E-state index >= 15 is 0 Å². The van der Waals surface area contributed by atoms with E-state index in [1.807, 2.05) is 48.5 Å². The Labute approximate surface area is 258 Å². The number of carbonyl (C=O) groups is 3. The molecular weight excluding hydrogens is 576 g/mol. The number of para-hydroxylation sites is 1. The molecule has 2 aromatic carbocycles. The van der Waals surface area contributed by atoms with Gasteiger partial charge in [0.15, 0.2) is 0 Å². The number of alkyl carbamates (subject to hydrolysis) is 2. The fraction of sp³-hybridized carbons (Fsp3) is 0.516. The number of ether oxygens (including phenoxy) is 4. The van der Waals surface area contributed by atoms with Gasteiger partial charge in [-0.2, -0.15) is 0 Å². The first kappa shape index (κ1) is 33.8. The first-order chi connectivity index (χ1) is 20.5. The summed E-state index contributed by atoms with van der Waals surface area (Å²) < 4.78 is 22.1. The third-order valence-corrected chi connectivity index (χ3v) is 6.85. The largest absolute Gasteiger partial charge is 0.491 e. The number of hydrogen-bond acceptors (Lipinski definition) is 7. The Morgan fingerprint density at radius 1 is 1.05 bits per heavy atom. The zero-order valence-corrected chi connectivity index (χ0v) is 26.0. The van der Waals surface area contributed by atoms with Crippen molar-refractivity contribution in [2.75, 3.05) is 46.5 Å². The van der Waals surface area contributed by atoms with Gasteiger partial charge in [0.1, 0.15) is 18.0 Å². The summed E-state index contributed by atoms with van der Waals surface area (Å²) in [6, 6.07) is 15.9. The number of piperidine rings is 1. The van der Waals surface area contributed by atoms with E-state index in [1.54, 1.807) is 31.7 Å². The zero-order chi connectivity index (χ0) is 31.2. The number of carbonyl (C=O) groups excluding carboxylic acids is 3. The third-order valence-electron chi connectivity index (χ3n) is 6.62. The Balaban J connectivity index is 1.62. The third kappa shape index (κ3) is 12.2. The summed E-state index contributed by atoms with van der Waals surface area (Å²) >= 11 is 6.28. The average Bonchev–Trinajstić information content (AvgIpc) is 2.97. The van der Waals surface area contributed by atoms with Gasteiger partial charge >= 0.3 is 18.2 Å². The molecule has 11 nitrogen and oxygen atoms in total. The Kier molecular flexibility index (Phi) is 13.2. The SMILES string of the molecule is COC(=O)NCCO[C@@H](c1cccc(Cl)c1)[C@@H]1CCCN(C(=O)NC[C@H](COc2ccccc2)NC(=O)OC(C)(C)C)C1. The van der Waals surface area contributed by atoms with Crippen molar-refractivity contribution < 1.29 is 33.3 Å². The number of urea groups is 1. The van der Waals surface area contributed by atoms with E-state index in [-0.39, 0.29) is 44.4 Å². The molecule has 0 radical (unpaired) electrons. The van der Waals surface area contributed by atoms with Crippen LogP contribution in [-0.4, -0.2) is 81.3 Å². The van der Waals surface area contributed by atoms with Gasteiger partial charge in [0, 0.05) is 37.1 Å². The molecule has 0 bridgehead atoms. The maximum atomic E-state index is 13.3. The number of halogens is 1. The van der Waals surface area contributed by atoms with Crippen LogP contribution in [0, 0.1) is 5.92 Å². The predicted octanol–water partition coefficient (Wildman–Crippen LogP) is 5.15. The fourth-order valence-electron chi connectivity index (χ4n) is 4.70. The van der Waals surface area contributed by atoms with Crippen molar-refractivity contribution >= 4 is 29.8 Å². The van der Waals surface area contributed by atoms with Gasteiger partial charge in [0.2, 0.25) is 0 Å². The molecule has 1 aliphatic heterocycles. The van der Waals surface area contributed by atoms with Crippen LogP contribution in [0.5, 0.6) is 5.75 Å². The van der Waals surface area contributed by atoms with Crippen LogP contribution < -0.4 is 20.7 Å². The van der Waals surface area contributed by atoms with Crippen LogP contribution in [0.3, 0.4) is 0 Å². The highest BCUT2D eigenvalue weighted by atomic mass is 35.5. The lowest BCUT2D eigenvalue weighted by Gasteiger charge is -2.37. The van der Waals surface area contributed by atoms with E-state index in [0.29, 0.717) is 23.9 Å². The Hall–Kier alpha value is -3.70. The van der Waals surface area contributed by atoms with E-state index in [4.69, 9.17) is 25.8 Å². The second-order valence-corrected chi connectivity index (χ2v) is 11.7. The minimum atomic E-state index is -0.669. The first-order valence-corrected chi connectivity index (χ1v) is 14.8. The van der Waals surface area contributed by atoms with E-state index < -0.39 is 23.8 Å². The van der Waals surface area contributed by atoms with E-state index in [1.165, 1.54) is 7.11 Å². The lowest BCUT2D eigenvalue weighted by atomic mass is 9.88. The lowest BCUT2D eigenvalue weighted by Crippen LogP contribution is -2.52. The van der Waals surface area contributed by atoms with Crippen molar-refractivity contribution in [1.29, 1.82) is 0 Å². The quantitative estimate of drug-likeness (QED) is 0.281. The summed E-state index contributed by atoms with van der Waals surface area (Å²) in [5.74, 6) is 0.644. The van der Waals surface area contributed by atoms with Crippen molar-refractivity contribution in [2.24, 2.45) is 5.92 Å². The maximum Gasteiger partial charge on any atom is 0.408 e. The highest BCUT2D eigenvalue weighted by Gasteiger charge is 2.32. The van der Waals surface area contributed by atoms with Gasteiger partial charge in [-0.05, 0) is 63.4 Å². The lowest BCUT2D eigenvalue weighted by molar-refractivity contribution is -0.00852. The standard InChI is InChI=1S/C31H43ClN4O7/c1-31(2,3)43-30(39)35-25(21-42-26-13-6-5-7-14-26)19-34-28(37)36-16-9-11-23(20-36)27(22-10-8-12-24(32)18-22)41-17-15-33-29(38)40-4/h5-8,10,12-14,18,23,25,27H,9,11,15-17,19-21H2,1-4H3,(H,33,38)(H,34,37)(H,35,39)/t23-,25-,27+/m1/s1. The molecule has 0 aliphatic carbocycles. The van der Waals surface area contributed by atoms with Crippen molar-refractivity contribution in [3.63, 3.8) is 0 Å². The van der Waals surface area contributed by atoms with Crippen LogP contribution in [0.15, 0.2) is 54.6 Å². The molecule has 0 spiro atoms. The van der Waals surface area contributed by atoms with Crippen molar-refractivity contribution in [3.8, 4) is 5.75 Å². The molecule has 43 heavy (non-hydrogen) atoms. The average molecular weight is 619 g/mol. The molecule has 2 aromatic rings. The molecule has 1 heterocycles. The highest BCUT2D eigenvalue weighted by Crippen LogP contribution is 2.34. The van der Waals surface area contributed by atoms with Crippen LogP contribution in [0.2, 0.25) is 5.02 Å². The number of nitrogens with one attached hydrogen (secondary N) is 3. The predicted molar refractivity (Wildman–Crippen MR) is 163 cm³/mol. The number of methoxy groups -OCH3 is 1. The number of nitrogens with zero attached hydrogens (tertiary/aromatic N) is 1. The minimum absolute atomic E-state index is 0.00630. The molecular formula is C31H43ClN4O7. The Bertz CT molecular complexity index is 1180. The molecule has 0 aromatic heterocycles. The monoisotopic (exact) mass is 618 g/mol. The van der Waals surface area contributed by atoms with Crippen molar-refractivity contribution in [3.05, 3.63) is 65.2 Å². The van der Waals surface area contributed by atoms with Crippen LogP contribution in [0.25, 0.3) is 0 Å². The van der Waals surface area contributed by atoms with Gasteiger partial charge in [-0.1, -0.05) is 41.9 Å². The maximum absolute atomic E-state index is 13.3. The molecule has 236 valence electrons. The van der Waals surface area contributed by atoms with Gasteiger partial charge in [0.05, 0.1) is 25.9 Å². The van der Waals surface area contributed by atoms with Gasteiger partial charge < -0.3 is 39.8 Å². The summed E-state index contributed by atoms with van der Waals surface area (Å²) in [6.07, 6.45) is 0.172. The number of amides is 4. The second kappa shape index (κ2) is 16.8. The van der Waals surface area contributed by atoms with Gasteiger partial charge in [-0.3, -0.25) is 0 Å². The van der Waals surface area contributed by atoms with Crippen LogP contribution in [-0.2, 0) is 14.2 Å². The van der Waals surface area contributed by atoms with E-state index in [2.05, 4.69) is 20.7 Å². The summed E-state index contributed by atoms with van der Waals surface area (Å²) in [5, 5.41) is 8.96. The molecule has 0 unspecified atom stereocenters. The summed E-state index contributed by atoms with van der Waals surface area (Å²) in [4.78, 5) is 39.0. The topological polar surface area (TPSA) is 127 Å². The molecule has 4 amide bonds. The second-order valence-electron chi connectivity index (χ2n) is 11.3. The first-order valence-electron chi connectivity index (χ1n) is 14.4. The number of likely N-dealkylation sites (tertiary alicyclic amines) is 1. The van der Waals surface area contributed by atoms with Gasteiger partial charge in [-0.15, -0.1) is 0 Å². The fourth-order valence-corrected chi connectivity index (χ4v) is 4.90. The molecule has 12 heteroatoms. The van der Waals surface area contributed by atoms with Crippen molar-refractivity contribution in [2.45, 2.75) is 51.4 Å². The minimum Gasteiger partial charge on any atom is -0.491 e. The summed E-state index contributed by atoms with van der Waals surface area (Å²) in [5.41, 5.74) is 0.232. The van der Waals surface area contributed by atoms with E-state index in [9.17, 15) is 14.4 Å². The molecule has 0 saturated carbocycles. The highest BCUT2D eigenvalue weighted by molar-refractivity contribution is 6.30. The molecule has 1 fully saturated rings. The molecule has 1 saturated heterocycles. The summed E-state index contributed by atoms with van der Waals surface area (Å²) in [7, 11) is 1.30. The Morgan fingerprint density at radius 2 is 1.81 bits per heavy atom. The molecule has 3 N–H and O–H groups in total. The molecule has 1 aliphatic rings. The van der Waals surface area contributed by atoms with Gasteiger partial charge in [0.25, 0.3) is 0 Å².